The molecule has 0 bridgehead atoms. The van der Waals surface area contributed by atoms with Gasteiger partial charge in [0.1, 0.15) is 19.2 Å². The molecule has 0 unspecified atom stereocenters. The van der Waals surface area contributed by atoms with Crippen LogP contribution in [-0.4, -0.2) is 38.9 Å². The van der Waals surface area contributed by atoms with E-state index in [0.29, 0.717) is 26.2 Å². The Morgan fingerprint density at radius 1 is 1.57 bits per heavy atom. The number of carbonyl (C=O) groups is 1. The van der Waals surface area contributed by atoms with Crippen molar-refractivity contribution < 1.29 is 19.2 Å². The van der Waals surface area contributed by atoms with Crippen LogP contribution < -0.4 is 4.90 Å². The Bertz CT molecular complexity index is 492. The Balaban J connectivity index is 2.20. The maximum Gasteiger partial charge on any atom is 0.306 e. The van der Waals surface area contributed by atoms with Gasteiger partial charge in [0.2, 0.25) is 5.54 Å². The molecule has 0 aromatic carbocycles. The summed E-state index contributed by atoms with van der Waals surface area (Å²) in [5.41, 5.74) is -0.676. The van der Waals surface area contributed by atoms with Crippen LogP contribution in [-0.2, 0) is 19.8 Å². The number of quaternary nitrogens is 1. The van der Waals surface area contributed by atoms with Crippen LogP contribution in [0.4, 0.5) is 0 Å². The van der Waals surface area contributed by atoms with Gasteiger partial charge in [0.25, 0.3) is 0 Å². The van der Waals surface area contributed by atoms with E-state index in [0.717, 1.165) is 18.0 Å². The molecule has 1 saturated heterocycles. The van der Waals surface area contributed by atoms with Crippen molar-refractivity contribution in [2.45, 2.75) is 25.3 Å². The van der Waals surface area contributed by atoms with Gasteiger partial charge in [-0.05, 0) is 18.4 Å². The number of thiophene rings is 1. The number of ether oxygens (including phenoxy) is 2. The molecule has 1 aliphatic rings. The molecule has 0 saturated carbocycles. The molecule has 114 valence electrons. The smallest absolute Gasteiger partial charge is 0.306 e. The predicted octanol–water partition coefficient (Wildman–Crippen LogP) is 0.725. The Labute approximate surface area is 129 Å². The van der Waals surface area contributed by atoms with Crippen LogP contribution in [0.15, 0.2) is 17.5 Å². The highest BCUT2D eigenvalue weighted by Gasteiger charge is 2.45. The highest BCUT2D eigenvalue weighted by atomic mass is 32.1. The van der Waals surface area contributed by atoms with Crippen LogP contribution in [0.5, 0.6) is 0 Å². The summed E-state index contributed by atoms with van der Waals surface area (Å²) < 4.78 is 10.4. The SMILES string of the molecule is CCOC(=O)CC[C@@](C#N)(c1cccs1)[NH+]1CCOCC1. The number of carbonyl (C=O) groups excluding carboxylic acids is 1. The van der Waals surface area contributed by atoms with Gasteiger partial charge < -0.3 is 14.4 Å². The standard InChI is InChI=1S/C15H20N2O3S/c1-2-20-14(18)5-6-15(12-16,13-4-3-11-21-13)17-7-9-19-10-8-17/h3-4,11H,2,5-10H2,1H3/p+1/t15-/m1/s1. The summed E-state index contributed by atoms with van der Waals surface area (Å²) in [6.45, 7) is 5.05. The number of rotatable bonds is 6. The zero-order valence-corrected chi connectivity index (χ0v) is 13.1. The van der Waals surface area contributed by atoms with Crippen molar-refractivity contribution in [3.63, 3.8) is 0 Å². The molecule has 1 N–H and O–H groups in total. The highest BCUT2D eigenvalue weighted by molar-refractivity contribution is 7.10. The maximum atomic E-state index is 11.7. The number of nitrogens with zero attached hydrogens (tertiary/aromatic N) is 1. The van der Waals surface area contributed by atoms with E-state index in [2.05, 4.69) is 6.07 Å². The molecule has 0 radical (unpaired) electrons. The second-order valence-corrected chi connectivity index (χ2v) is 5.96. The van der Waals surface area contributed by atoms with E-state index in [1.54, 1.807) is 18.3 Å². The van der Waals surface area contributed by atoms with Crippen molar-refractivity contribution in [2.75, 3.05) is 32.9 Å². The molecule has 1 aliphatic heterocycles. The fourth-order valence-electron chi connectivity index (χ4n) is 2.75. The Morgan fingerprint density at radius 2 is 2.33 bits per heavy atom. The van der Waals surface area contributed by atoms with Gasteiger partial charge in [-0.15, -0.1) is 11.3 Å². The van der Waals surface area contributed by atoms with Gasteiger partial charge in [0, 0.05) is 6.42 Å². The fraction of sp³-hybridized carbons (Fsp3) is 0.600. The second kappa shape index (κ2) is 7.55. The van der Waals surface area contributed by atoms with Gasteiger partial charge in [-0.3, -0.25) is 4.79 Å². The van der Waals surface area contributed by atoms with Crippen molar-refractivity contribution in [3.05, 3.63) is 22.4 Å². The molecular formula is C15H21N2O3S+. The molecule has 1 aromatic heterocycles. The molecule has 1 fully saturated rings. The van der Waals surface area contributed by atoms with Crippen molar-refractivity contribution >= 4 is 17.3 Å². The quantitative estimate of drug-likeness (QED) is 0.787. The summed E-state index contributed by atoms with van der Waals surface area (Å²) in [5, 5.41) is 11.9. The van der Waals surface area contributed by atoms with Gasteiger partial charge in [-0.2, -0.15) is 5.26 Å². The first-order valence-corrected chi connectivity index (χ1v) is 8.14. The zero-order valence-electron chi connectivity index (χ0n) is 12.3. The maximum absolute atomic E-state index is 11.7. The molecule has 6 heteroatoms. The van der Waals surface area contributed by atoms with E-state index in [-0.39, 0.29) is 12.4 Å². The summed E-state index contributed by atoms with van der Waals surface area (Å²) >= 11 is 1.58. The summed E-state index contributed by atoms with van der Waals surface area (Å²) in [5.74, 6) is -0.235. The molecule has 21 heavy (non-hydrogen) atoms. The second-order valence-electron chi connectivity index (χ2n) is 5.02. The third-order valence-electron chi connectivity index (χ3n) is 3.84. The lowest BCUT2D eigenvalue weighted by atomic mass is 9.90. The predicted molar refractivity (Wildman–Crippen MR) is 79.0 cm³/mol. The summed E-state index contributed by atoms with van der Waals surface area (Å²) in [6, 6.07) is 6.44. The van der Waals surface area contributed by atoms with Gasteiger partial charge in [0.15, 0.2) is 0 Å². The van der Waals surface area contributed by atoms with Crippen LogP contribution >= 0.6 is 11.3 Å². The Hall–Kier alpha value is -1.42. The molecule has 1 atom stereocenters. The normalized spacial score (nSPS) is 18.7. The highest BCUT2D eigenvalue weighted by Crippen LogP contribution is 2.27. The van der Waals surface area contributed by atoms with Crippen LogP contribution in [0.25, 0.3) is 0 Å². The molecule has 1 aromatic rings. The molecule has 0 spiro atoms. The largest absolute Gasteiger partial charge is 0.466 e. The lowest BCUT2D eigenvalue weighted by Crippen LogP contribution is -3.20. The van der Waals surface area contributed by atoms with Gasteiger partial charge in [-0.25, -0.2) is 0 Å². The third-order valence-corrected chi connectivity index (χ3v) is 4.87. The first-order valence-electron chi connectivity index (χ1n) is 7.26. The summed E-state index contributed by atoms with van der Waals surface area (Å²) in [4.78, 5) is 13.9. The van der Waals surface area contributed by atoms with Crippen molar-refractivity contribution in [1.82, 2.24) is 0 Å². The average Bonchev–Trinajstić information content (AvgIpc) is 3.05. The van der Waals surface area contributed by atoms with E-state index in [1.807, 2.05) is 17.5 Å². The first-order chi connectivity index (χ1) is 10.2. The Morgan fingerprint density at radius 3 is 2.90 bits per heavy atom. The summed E-state index contributed by atoms with van der Waals surface area (Å²) in [7, 11) is 0. The van der Waals surface area contributed by atoms with E-state index in [4.69, 9.17) is 9.47 Å². The van der Waals surface area contributed by atoms with Crippen LogP contribution in [0.1, 0.15) is 24.6 Å². The van der Waals surface area contributed by atoms with Gasteiger partial charge >= 0.3 is 5.97 Å². The zero-order chi connectivity index (χ0) is 15.1. The number of morpholine rings is 1. The number of hydrogen-bond donors (Lipinski definition) is 1. The van der Waals surface area contributed by atoms with Gasteiger partial charge in [-0.1, -0.05) is 6.07 Å². The van der Waals surface area contributed by atoms with Crippen molar-refractivity contribution in [2.24, 2.45) is 0 Å². The minimum Gasteiger partial charge on any atom is -0.466 e. The molecule has 0 aliphatic carbocycles. The Kier molecular flexibility index (Phi) is 5.74. The topological polar surface area (TPSA) is 63.8 Å². The minimum atomic E-state index is -0.676. The lowest BCUT2D eigenvalue weighted by Gasteiger charge is -2.37. The molecule has 0 amide bonds. The molecule has 5 nitrogen and oxygen atoms in total. The van der Waals surface area contributed by atoms with Crippen molar-refractivity contribution in [3.8, 4) is 6.07 Å². The van der Waals surface area contributed by atoms with Crippen molar-refractivity contribution in [1.29, 1.82) is 5.26 Å². The van der Waals surface area contributed by atoms with E-state index < -0.39 is 5.54 Å². The van der Waals surface area contributed by atoms with Crippen LogP contribution in [0.3, 0.4) is 0 Å². The number of hydrogen-bond acceptors (Lipinski definition) is 5. The number of esters is 1. The van der Waals surface area contributed by atoms with E-state index >= 15 is 0 Å². The van der Waals surface area contributed by atoms with E-state index in [1.165, 1.54) is 4.90 Å². The van der Waals surface area contributed by atoms with Gasteiger partial charge in [0.05, 0.1) is 31.1 Å². The molecular weight excluding hydrogens is 288 g/mol. The van der Waals surface area contributed by atoms with E-state index in [9.17, 15) is 10.1 Å². The minimum absolute atomic E-state index is 0.235. The molecule has 2 heterocycles. The van der Waals surface area contributed by atoms with Crippen LogP contribution in [0, 0.1) is 11.3 Å². The molecule has 2 rings (SSSR count). The number of nitrogens with one attached hydrogen (secondary N) is 1. The van der Waals surface area contributed by atoms with Crippen LogP contribution in [0.2, 0.25) is 0 Å². The number of nitriles is 1. The fourth-order valence-corrected chi connectivity index (χ4v) is 3.71. The third kappa shape index (κ3) is 3.62. The monoisotopic (exact) mass is 309 g/mol. The lowest BCUT2D eigenvalue weighted by molar-refractivity contribution is -0.958. The summed E-state index contributed by atoms with van der Waals surface area (Å²) in [6.07, 6.45) is 0.752. The average molecular weight is 309 g/mol. The first kappa shape index (κ1) is 16.0.